The predicted molar refractivity (Wildman–Crippen MR) is 86.9 cm³/mol. The first-order valence-corrected chi connectivity index (χ1v) is 8.26. The number of phenols is 1. The second kappa shape index (κ2) is 5.49. The van der Waals surface area contributed by atoms with E-state index in [9.17, 15) is 5.11 Å². The van der Waals surface area contributed by atoms with E-state index >= 15 is 0 Å². The Kier molecular flexibility index (Phi) is 3.79. The van der Waals surface area contributed by atoms with E-state index in [2.05, 4.69) is 12.1 Å². The van der Waals surface area contributed by atoms with Gasteiger partial charge >= 0.3 is 0 Å². The van der Waals surface area contributed by atoms with Gasteiger partial charge in [-0.05, 0) is 57.6 Å². The minimum Gasteiger partial charge on any atom is -0.507 e. The van der Waals surface area contributed by atoms with Gasteiger partial charge in [-0.15, -0.1) is 0 Å². The number of benzene rings is 1. The number of phenolic OH excluding ortho intramolecular Hbond substituents is 1. The lowest BCUT2D eigenvalue weighted by molar-refractivity contribution is -0.00683. The van der Waals surface area contributed by atoms with Crippen LogP contribution in [0.4, 0.5) is 0 Å². The Morgan fingerprint density at radius 3 is 2.50 bits per heavy atom. The maximum Gasteiger partial charge on any atom is 0.133 e. The molecular weight excluding hydrogens is 278 g/mol. The van der Waals surface area contributed by atoms with Gasteiger partial charge in [0, 0.05) is 17.5 Å². The average Bonchev–Trinajstić information content (AvgIpc) is 2.49. The van der Waals surface area contributed by atoms with Crippen molar-refractivity contribution in [1.29, 1.82) is 0 Å². The fourth-order valence-electron chi connectivity index (χ4n) is 3.51. The van der Waals surface area contributed by atoms with E-state index in [-0.39, 0.29) is 5.60 Å². The summed E-state index contributed by atoms with van der Waals surface area (Å²) in [6, 6.07) is 0. The lowest BCUT2D eigenvalue weighted by Crippen LogP contribution is -2.48. The molecule has 1 aromatic carbocycles. The molecule has 0 amide bonds. The lowest BCUT2D eigenvalue weighted by atomic mass is 9.72. The highest BCUT2D eigenvalue weighted by Gasteiger charge is 2.46. The molecular formula is C18H25NO3. The summed E-state index contributed by atoms with van der Waals surface area (Å²) in [4.78, 5) is 5.35. The van der Waals surface area contributed by atoms with Crippen molar-refractivity contribution >= 4 is 5.71 Å². The first kappa shape index (κ1) is 15.2. The Morgan fingerprint density at radius 1 is 1.23 bits per heavy atom. The summed E-state index contributed by atoms with van der Waals surface area (Å²) < 4.78 is 6.43. The van der Waals surface area contributed by atoms with Crippen molar-refractivity contribution in [2.24, 2.45) is 5.16 Å². The van der Waals surface area contributed by atoms with E-state index in [0.717, 1.165) is 59.4 Å². The minimum absolute atomic E-state index is 0.109. The van der Waals surface area contributed by atoms with Gasteiger partial charge in [0.25, 0.3) is 0 Å². The molecule has 3 rings (SSSR count). The van der Waals surface area contributed by atoms with Crippen LogP contribution in [0, 0.1) is 13.8 Å². The zero-order valence-corrected chi connectivity index (χ0v) is 14.0. The Bertz CT molecular complexity index is 630. The first-order chi connectivity index (χ1) is 10.5. The van der Waals surface area contributed by atoms with Gasteiger partial charge in [-0.1, -0.05) is 12.1 Å². The summed E-state index contributed by atoms with van der Waals surface area (Å²) >= 11 is 0. The van der Waals surface area contributed by atoms with Crippen molar-refractivity contribution in [3.05, 3.63) is 22.3 Å². The third-order valence-electron chi connectivity index (χ3n) is 5.09. The highest BCUT2D eigenvalue weighted by molar-refractivity contribution is 6.06. The van der Waals surface area contributed by atoms with Gasteiger partial charge in [-0.2, -0.15) is 0 Å². The molecule has 0 bridgehead atoms. The molecule has 4 heteroatoms. The maximum absolute atomic E-state index is 10.5. The SMILES string of the molecule is CCO/N=C1\CC2(CCC2)Oc2c(C)c(C)c(O)c(CC)c21. The molecule has 1 spiro atoms. The Morgan fingerprint density at radius 2 is 1.95 bits per heavy atom. The number of oxime groups is 1. The van der Waals surface area contributed by atoms with E-state index in [1.807, 2.05) is 20.8 Å². The van der Waals surface area contributed by atoms with Crippen LogP contribution in [0.25, 0.3) is 0 Å². The molecule has 1 saturated carbocycles. The zero-order valence-electron chi connectivity index (χ0n) is 14.0. The minimum atomic E-state index is -0.109. The van der Waals surface area contributed by atoms with Crippen molar-refractivity contribution in [3.63, 3.8) is 0 Å². The second-order valence-corrected chi connectivity index (χ2v) is 6.41. The van der Waals surface area contributed by atoms with Gasteiger partial charge in [0.1, 0.15) is 23.7 Å². The number of aromatic hydroxyl groups is 1. The van der Waals surface area contributed by atoms with E-state index in [4.69, 9.17) is 9.57 Å². The lowest BCUT2D eigenvalue weighted by Gasteiger charge is -2.46. The number of rotatable bonds is 3. The van der Waals surface area contributed by atoms with E-state index < -0.39 is 0 Å². The highest BCUT2D eigenvalue weighted by Crippen LogP contribution is 2.49. The third kappa shape index (κ3) is 2.16. The van der Waals surface area contributed by atoms with Crippen molar-refractivity contribution in [1.82, 2.24) is 0 Å². The van der Waals surface area contributed by atoms with Gasteiger partial charge in [-0.3, -0.25) is 0 Å². The van der Waals surface area contributed by atoms with Gasteiger partial charge in [-0.25, -0.2) is 0 Å². The molecule has 2 aliphatic rings. The molecule has 1 heterocycles. The predicted octanol–water partition coefficient (Wildman–Crippen LogP) is 4.02. The van der Waals surface area contributed by atoms with Crippen LogP contribution >= 0.6 is 0 Å². The van der Waals surface area contributed by atoms with Crippen molar-refractivity contribution in [2.45, 2.75) is 65.4 Å². The summed E-state index contributed by atoms with van der Waals surface area (Å²) in [5, 5.41) is 14.9. The van der Waals surface area contributed by atoms with Crippen molar-refractivity contribution in [3.8, 4) is 11.5 Å². The number of nitrogens with zero attached hydrogens (tertiary/aromatic N) is 1. The smallest absolute Gasteiger partial charge is 0.133 e. The van der Waals surface area contributed by atoms with Gasteiger partial charge in [0.2, 0.25) is 0 Å². The topological polar surface area (TPSA) is 51.0 Å². The summed E-state index contributed by atoms with van der Waals surface area (Å²) in [7, 11) is 0. The molecule has 22 heavy (non-hydrogen) atoms. The van der Waals surface area contributed by atoms with Crippen LogP contribution in [-0.2, 0) is 11.3 Å². The Hall–Kier alpha value is -1.71. The fraction of sp³-hybridized carbons (Fsp3) is 0.611. The van der Waals surface area contributed by atoms with Crippen LogP contribution in [0.2, 0.25) is 0 Å². The number of hydrogen-bond donors (Lipinski definition) is 1. The first-order valence-electron chi connectivity index (χ1n) is 8.26. The van der Waals surface area contributed by atoms with Gasteiger partial charge in [0.05, 0.1) is 5.71 Å². The molecule has 0 atom stereocenters. The molecule has 0 radical (unpaired) electrons. The third-order valence-corrected chi connectivity index (χ3v) is 5.09. The largest absolute Gasteiger partial charge is 0.507 e. The number of hydrogen-bond acceptors (Lipinski definition) is 4. The highest BCUT2D eigenvalue weighted by atomic mass is 16.6. The second-order valence-electron chi connectivity index (χ2n) is 6.41. The molecule has 1 fully saturated rings. The molecule has 0 unspecified atom stereocenters. The van der Waals surface area contributed by atoms with Crippen LogP contribution in [0.15, 0.2) is 5.16 Å². The Balaban J connectivity index is 2.21. The van der Waals surface area contributed by atoms with Crippen LogP contribution in [-0.4, -0.2) is 23.0 Å². The fourth-order valence-corrected chi connectivity index (χ4v) is 3.51. The molecule has 1 aliphatic carbocycles. The van der Waals surface area contributed by atoms with Gasteiger partial charge < -0.3 is 14.7 Å². The molecule has 1 aliphatic heterocycles. The van der Waals surface area contributed by atoms with Gasteiger partial charge in [0.15, 0.2) is 0 Å². The van der Waals surface area contributed by atoms with E-state index in [1.165, 1.54) is 6.42 Å². The quantitative estimate of drug-likeness (QED) is 0.858. The van der Waals surface area contributed by atoms with Crippen molar-refractivity contribution in [2.75, 3.05) is 6.61 Å². The van der Waals surface area contributed by atoms with E-state index in [1.54, 1.807) is 0 Å². The monoisotopic (exact) mass is 303 g/mol. The number of ether oxygens (including phenoxy) is 1. The normalized spacial score (nSPS) is 20.5. The van der Waals surface area contributed by atoms with Crippen LogP contribution in [0.5, 0.6) is 11.5 Å². The molecule has 1 aromatic rings. The molecule has 4 nitrogen and oxygen atoms in total. The summed E-state index contributed by atoms with van der Waals surface area (Å²) in [5.41, 5.74) is 4.61. The molecule has 0 aromatic heterocycles. The zero-order chi connectivity index (χ0) is 15.9. The summed E-state index contributed by atoms with van der Waals surface area (Å²) in [6.07, 6.45) is 4.86. The van der Waals surface area contributed by atoms with Crippen molar-refractivity contribution < 1.29 is 14.7 Å². The molecule has 0 saturated heterocycles. The van der Waals surface area contributed by atoms with Crippen LogP contribution in [0.3, 0.4) is 0 Å². The Labute approximate surface area is 132 Å². The standard InChI is InChI=1S/C18H25NO3/c1-5-13-15-14(19-21-6-2)10-18(8-7-9-18)22-17(15)12(4)11(3)16(13)20/h20H,5-10H2,1-4H3/b19-14+. The van der Waals surface area contributed by atoms with E-state index in [0.29, 0.717) is 12.4 Å². The van der Waals surface area contributed by atoms with Crippen LogP contribution in [0.1, 0.15) is 61.8 Å². The maximum atomic E-state index is 10.5. The number of fused-ring (bicyclic) bond motifs is 1. The molecule has 1 N–H and O–H groups in total. The van der Waals surface area contributed by atoms with Crippen LogP contribution < -0.4 is 4.74 Å². The summed E-state index contributed by atoms with van der Waals surface area (Å²) in [6.45, 7) is 8.50. The average molecular weight is 303 g/mol. The molecule has 120 valence electrons. The summed E-state index contributed by atoms with van der Waals surface area (Å²) in [5.74, 6) is 1.27.